The molecule has 4 heteroatoms. The van der Waals surface area contributed by atoms with Crippen molar-refractivity contribution in [1.82, 2.24) is 0 Å². The Kier molecular flexibility index (Phi) is 3.05. The molecule has 1 N–H and O–H groups in total. The maximum absolute atomic E-state index is 8.67. The summed E-state index contributed by atoms with van der Waals surface area (Å²) < 4.78 is 13.6. The fraction of sp³-hybridized carbons (Fsp3) is 0.143. The third-order valence-electron chi connectivity index (χ3n) is 1.24. The highest BCUT2D eigenvalue weighted by atomic mass is 35.5. The third kappa shape index (κ3) is 2.02. The van der Waals surface area contributed by atoms with E-state index in [0.717, 1.165) is 0 Å². The summed E-state index contributed by atoms with van der Waals surface area (Å²) in [5.41, 5.74) is 0. The molecular formula is C7H7ClO2S. The van der Waals surface area contributed by atoms with E-state index in [9.17, 15) is 0 Å². The lowest BCUT2D eigenvalue weighted by atomic mass is 10.3. The van der Waals surface area contributed by atoms with Crippen LogP contribution in [-0.4, -0.2) is 11.7 Å². The molecule has 0 unspecified atom stereocenters. The van der Waals surface area contributed by atoms with Gasteiger partial charge in [0, 0.05) is 12.0 Å². The standard InChI is InChI=1S/C7H7ClO2S/c1-10-5-2-3-7(11-9)6(8)4-5/h2-4,9H,1H3. The summed E-state index contributed by atoms with van der Waals surface area (Å²) in [6.07, 6.45) is 0. The van der Waals surface area contributed by atoms with Crippen LogP contribution in [-0.2, 0) is 0 Å². The van der Waals surface area contributed by atoms with Crippen molar-refractivity contribution >= 4 is 23.6 Å². The number of rotatable bonds is 2. The van der Waals surface area contributed by atoms with Crippen molar-refractivity contribution in [2.75, 3.05) is 7.11 Å². The average molecular weight is 191 g/mol. The molecule has 11 heavy (non-hydrogen) atoms. The molecule has 1 rings (SSSR count). The second kappa shape index (κ2) is 3.85. The molecule has 0 heterocycles. The van der Waals surface area contributed by atoms with Gasteiger partial charge in [0.1, 0.15) is 5.75 Å². The van der Waals surface area contributed by atoms with Gasteiger partial charge in [0.15, 0.2) is 0 Å². The monoisotopic (exact) mass is 190 g/mol. The number of methoxy groups -OCH3 is 1. The minimum atomic E-state index is 0.497. The van der Waals surface area contributed by atoms with Gasteiger partial charge in [-0.05, 0) is 18.2 Å². The van der Waals surface area contributed by atoms with Crippen LogP contribution < -0.4 is 4.74 Å². The number of halogens is 1. The molecule has 2 nitrogen and oxygen atoms in total. The van der Waals surface area contributed by atoms with E-state index >= 15 is 0 Å². The van der Waals surface area contributed by atoms with Crippen LogP contribution in [0.25, 0.3) is 0 Å². The van der Waals surface area contributed by atoms with Crippen molar-refractivity contribution in [3.05, 3.63) is 23.2 Å². The molecule has 1 aromatic carbocycles. The first-order valence-corrected chi connectivity index (χ1v) is 4.08. The van der Waals surface area contributed by atoms with Gasteiger partial charge in [-0.1, -0.05) is 11.6 Å². The molecule has 0 saturated carbocycles. The smallest absolute Gasteiger partial charge is 0.120 e. The third-order valence-corrected chi connectivity index (χ3v) is 2.21. The zero-order valence-electron chi connectivity index (χ0n) is 5.87. The highest BCUT2D eigenvalue weighted by Gasteiger charge is 2.00. The van der Waals surface area contributed by atoms with E-state index in [0.29, 0.717) is 27.7 Å². The minimum absolute atomic E-state index is 0.497. The van der Waals surface area contributed by atoms with Crippen LogP contribution in [0.3, 0.4) is 0 Å². The Morgan fingerprint density at radius 1 is 1.55 bits per heavy atom. The maximum atomic E-state index is 8.67. The molecule has 1 aromatic rings. The van der Waals surface area contributed by atoms with Crippen LogP contribution in [0.2, 0.25) is 5.02 Å². The summed E-state index contributed by atoms with van der Waals surface area (Å²) in [6, 6.07) is 5.09. The predicted octanol–water partition coefficient (Wildman–Crippen LogP) is 2.91. The van der Waals surface area contributed by atoms with Gasteiger partial charge in [0.25, 0.3) is 0 Å². The van der Waals surface area contributed by atoms with Crippen LogP contribution in [0, 0.1) is 0 Å². The fourth-order valence-corrected chi connectivity index (χ4v) is 1.23. The Bertz CT molecular complexity index is 252. The van der Waals surface area contributed by atoms with Gasteiger partial charge in [0.05, 0.1) is 17.0 Å². The number of benzene rings is 1. The Morgan fingerprint density at radius 2 is 2.27 bits per heavy atom. The zero-order valence-corrected chi connectivity index (χ0v) is 7.45. The summed E-state index contributed by atoms with van der Waals surface area (Å²) in [5, 5.41) is 0.497. The maximum Gasteiger partial charge on any atom is 0.120 e. The van der Waals surface area contributed by atoms with Crippen LogP contribution in [0.5, 0.6) is 5.75 Å². The molecule has 0 radical (unpaired) electrons. The Balaban J connectivity index is 2.99. The van der Waals surface area contributed by atoms with Crippen LogP contribution in [0.15, 0.2) is 23.1 Å². The summed E-state index contributed by atoms with van der Waals surface area (Å²) >= 11 is 6.37. The summed E-state index contributed by atoms with van der Waals surface area (Å²) in [7, 11) is 1.57. The first-order valence-electron chi connectivity index (χ1n) is 2.93. The van der Waals surface area contributed by atoms with Gasteiger partial charge in [0.2, 0.25) is 0 Å². The quantitative estimate of drug-likeness (QED) is 0.728. The molecule has 0 bridgehead atoms. The van der Waals surface area contributed by atoms with Crippen LogP contribution in [0.1, 0.15) is 0 Å². The minimum Gasteiger partial charge on any atom is -0.497 e. The number of ether oxygens (including phenoxy) is 1. The first kappa shape index (κ1) is 8.71. The van der Waals surface area contributed by atoms with Gasteiger partial charge < -0.3 is 9.29 Å². The van der Waals surface area contributed by atoms with Crippen molar-refractivity contribution in [2.45, 2.75) is 4.90 Å². The van der Waals surface area contributed by atoms with Crippen LogP contribution >= 0.6 is 23.6 Å². The number of hydrogen-bond donors (Lipinski definition) is 1. The van der Waals surface area contributed by atoms with E-state index in [-0.39, 0.29) is 0 Å². The van der Waals surface area contributed by atoms with Gasteiger partial charge in [-0.3, -0.25) is 0 Å². The molecule has 0 atom stereocenters. The van der Waals surface area contributed by atoms with E-state index in [1.807, 2.05) is 0 Å². The van der Waals surface area contributed by atoms with Crippen molar-refractivity contribution in [1.29, 1.82) is 0 Å². The first-order chi connectivity index (χ1) is 5.27. The highest BCUT2D eigenvalue weighted by Crippen LogP contribution is 2.28. The lowest BCUT2D eigenvalue weighted by molar-refractivity contribution is 0.414. The Morgan fingerprint density at radius 3 is 2.73 bits per heavy atom. The Hall–Kier alpha value is -0.380. The molecule has 0 fully saturated rings. The topological polar surface area (TPSA) is 29.5 Å². The molecule has 0 amide bonds. The van der Waals surface area contributed by atoms with Crippen molar-refractivity contribution in [3.8, 4) is 5.75 Å². The summed E-state index contributed by atoms with van der Waals surface area (Å²) in [5.74, 6) is 0.688. The molecule has 0 spiro atoms. The zero-order chi connectivity index (χ0) is 8.27. The van der Waals surface area contributed by atoms with Crippen LogP contribution in [0.4, 0.5) is 0 Å². The second-order valence-electron chi connectivity index (χ2n) is 1.89. The van der Waals surface area contributed by atoms with Gasteiger partial charge in [-0.15, -0.1) is 0 Å². The molecule has 0 saturated heterocycles. The SMILES string of the molecule is COc1ccc(SO)c(Cl)c1. The molecular weight excluding hydrogens is 184 g/mol. The van der Waals surface area contributed by atoms with Gasteiger partial charge in [-0.2, -0.15) is 0 Å². The van der Waals surface area contributed by atoms with E-state index in [1.165, 1.54) is 0 Å². The average Bonchev–Trinajstić information content (AvgIpc) is 2.04. The van der Waals surface area contributed by atoms with Crippen molar-refractivity contribution in [3.63, 3.8) is 0 Å². The lowest BCUT2D eigenvalue weighted by Crippen LogP contribution is -1.82. The van der Waals surface area contributed by atoms with Crippen molar-refractivity contribution in [2.24, 2.45) is 0 Å². The largest absolute Gasteiger partial charge is 0.497 e. The fourth-order valence-electron chi connectivity index (χ4n) is 0.683. The van der Waals surface area contributed by atoms with Gasteiger partial charge in [-0.25, -0.2) is 0 Å². The highest BCUT2D eigenvalue weighted by molar-refractivity contribution is 7.93. The van der Waals surface area contributed by atoms with E-state index in [2.05, 4.69) is 0 Å². The van der Waals surface area contributed by atoms with E-state index in [1.54, 1.807) is 25.3 Å². The molecule has 0 aliphatic rings. The molecule has 0 aliphatic carbocycles. The Labute approximate surface area is 74.3 Å². The van der Waals surface area contributed by atoms with Crippen molar-refractivity contribution < 1.29 is 9.29 Å². The van der Waals surface area contributed by atoms with E-state index in [4.69, 9.17) is 20.9 Å². The summed E-state index contributed by atoms with van der Waals surface area (Å²) in [6.45, 7) is 0. The second-order valence-corrected chi connectivity index (χ2v) is 2.92. The molecule has 0 aliphatic heterocycles. The van der Waals surface area contributed by atoms with Gasteiger partial charge >= 0.3 is 0 Å². The summed E-state index contributed by atoms with van der Waals surface area (Å²) in [4.78, 5) is 0.632. The predicted molar refractivity (Wildman–Crippen MR) is 46.5 cm³/mol. The normalized spacial score (nSPS) is 9.73. The molecule has 0 aromatic heterocycles. The number of hydrogen-bond acceptors (Lipinski definition) is 3. The van der Waals surface area contributed by atoms with E-state index < -0.39 is 0 Å². The lowest BCUT2D eigenvalue weighted by Gasteiger charge is -2.01. The molecule has 60 valence electrons.